The van der Waals surface area contributed by atoms with Crippen LogP contribution in [0.25, 0.3) is 0 Å². The van der Waals surface area contributed by atoms with Crippen LogP contribution in [0, 0.1) is 0 Å². The van der Waals surface area contributed by atoms with Crippen molar-refractivity contribution < 1.29 is 9.53 Å². The predicted octanol–water partition coefficient (Wildman–Crippen LogP) is 4.52. The van der Waals surface area contributed by atoms with Gasteiger partial charge in [-0.05, 0) is 48.9 Å². The number of carbonyl (C=O) groups excluding carboxylic acids is 1. The fraction of sp³-hybridized carbons (Fsp3) is 0.235. The van der Waals surface area contributed by atoms with Crippen molar-refractivity contribution in [1.82, 2.24) is 0 Å². The van der Waals surface area contributed by atoms with Crippen molar-refractivity contribution in [2.24, 2.45) is 0 Å². The smallest absolute Gasteiger partial charge is 0.238 e. The van der Waals surface area contributed by atoms with Crippen molar-refractivity contribution in [3.63, 3.8) is 0 Å². The highest BCUT2D eigenvalue weighted by Crippen LogP contribution is 2.42. The van der Waals surface area contributed by atoms with Crippen molar-refractivity contribution in [1.29, 1.82) is 0 Å². The number of nitrogens with zero attached hydrogens (tertiary/aromatic N) is 1. The second-order valence-corrected chi connectivity index (χ2v) is 6.41. The molecule has 0 saturated carbocycles. The van der Waals surface area contributed by atoms with Crippen LogP contribution in [0.2, 0.25) is 5.02 Å². The lowest BCUT2D eigenvalue weighted by Crippen LogP contribution is -2.27. The topological polar surface area (TPSA) is 29.5 Å². The van der Waals surface area contributed by atoms with Gasteiger partial charge in [-0.15, -0.1) is 11.8 Å². The van der Waals surface area contributed by atoms with Gasteiger partial charge in [-0.3, -0.25) is 9.69 Å². The van der Waals surface area contributed by atoms with E-state index < -0.39 is 0 Å². The van der Waals surface area contributed by atoms with Gasteiger partial charge in [0.2, 0.25) is 5.91 Å². The molecule has 1 atom stereocenters. The third kappa shape index (κ3) is 3.08. The first-order valence-corrected chi connectivity index (χ1v) is 8.53. The highest BCUT2D eigenvalue weighted by atomic mass is 35.5. The summed E-state index contributed by atoms with van der Waals surface area (Å²) in [6.07, 6.45) is 0. The van der Waals surface area contributed by atoms with Crippen LogP contribution in [0.5, 0.6) is 5.75 Å². The monoisotopic (exact) mass is 333 g/mol. The molecule has 1 amide bonds. The zero-order valence-electron chi connectivity index (χ0n) is 12.2. The highest BCUT2D eigenvalue weighted by Gasteiger charge is 2.33. The molecule has 3 rings (SSSR count). The molecule has 1 fully saturated rings. The molecule has 2 aromatic carbocycles. The number of thioether (sulfide) groups is 1. The van der Waals surface area contributed by atoms with Crippen molar-refractivity contribution in [2.75, 3.05) is 17.3 Å². The lowest BCUT2D eigenvalue weighted by atomic mass is 10.2. The minimum Gasteiger partial charge on any atom is -0.494 e. The van der Waals surface area contributed by atoms with Gasteiger partial charge in [-0.2, -0.15) is 0 Å². The van der Waals surface area contributed by atoms with E-state index in [4.69, 9.17) is 16.3 Å². The summed E-state index contributed by atoms with van der Waals surface area (Å²) < 4.78 is 5.45. The first-order valence-electron chi connectivity index (χ1n) is 7.11. The lowest BCUT2D eigenvalue weighted by Gasteiger charge is -2.24. The summed E-state index contributed by atoms with van der Waals surface area (Å²) in [6, 6.07) is 15.3. The van der Waals surface area contributed by atoms with Gasteiger partial charge in [0.05, 0.1) is 12.4 Å². The van der Waals surface area contributed by atoms with Crippen LogP contribution in [0.15, 0.2) is 48.5 Å². The summed E-state index contributed by atoms with van der Waals surface area (Å²) in [7, 11) is 0. The van der Waals surface area contributed by atoms with E-state index in [1.807, 2.05) is 60.4 Å². The molecule has 0 spiro atoms. The normalized spacial score (nSPS) is 17.8. The van der Waals surface area contributed by atoms with Crippen molar-refractivity contribution in [3.8, 4) is 5.75 Å². The molecule has 3 nitrogen and oxygen atoms in total. The predicted molar refractivity (Wildman–Crippen MR) is 91.7 cm³/mol. The zero-order valence-corrected chi connectivity index (χ0v) is 13.7. The molecule has 0 aromatic heterocycles. The third-order valence-electron chi connectivity index (χ3n) is 3.45. The van der Waals surface area contributed by atoms with Gasteiger partial charge in [0, 0.05) is 10.7 Å². The molecule has 0 aliphatic carbocycles. The number of ether oxygens (including phenoxy) is 1. The first-order chi connectivity index (χ1) is 10.7. The molecule has 22 heavy (non-hydrogen) atoms. The molecule has 1 heterocycles. The Morgan fingerprint density at radius 3 is 2.50 bits per heavy atom. The number of rotatable bonds is 4. The van der Waals surface area contributed by atoms with E-state index >= 15 is 0 Å². The maximum Gasteiger partial charge on any atom is 0.238 e. The largest absolute Gasteiger partial charge is 0.494 e. The Morgan fingerprint density at radius 2 is 1.86 bits per heavy atom. The quantitative estimate of drug-likeness (QED) is 0.824. The lowest BCUT2D eigenvalue weighted by molar-refractivity contribution is -0.115. The molecule has 1 aliphatic rings. The molecular weight excluding hydrogens is 318 g/mol. The van der Waals surface area contributed by atoms with Gasteiger partial charge >= 0.3 is 0 Å². The average molecular weight is 334 g/mol. The third-order valence-corrected chi connectivity index (χ3v) is 4.91. The Bertz CT molecular complexity index is 657. The van der Waals surface area contributed by atoms with Crippen LogP contribution in [-0.4, -0.2) is 18.3 Å². The Morgan fingerprint density at radius 1 is 1.18 bits per heavy atom. The number of anilines is 1. The van der Waals surface area contributed by atoms with E-state index in [1.165, 1.54) is 0 Å². The number of benzene rings is 2. The van der Waals surface area contributed by atoms with Gasteiger partial charge in [-0.25, -0.2) is 0 Å². The van der Waals surface area contributed by atoms with E-state index in [1.54, 1.807) is 11.8 Å². The molecule has 1 saturated heterocycles. The summed E-state index contributed by atoms with van der Waals surface area (Å²) in [5, 5.41) is 0.688. The zero-order chi connectivity index (χ0) is 15.5. The van der Waals surface area contributed by atoms with E-state index in [9.17, 15) is 4.79 Å². The molecular formula is C17H16ClNO2S. The van der Waals surface area contributed by atoms with Gasteiger partial charge in [-0.1, -0.05) is 23.7 Å². The SMILES string of the molecule is CCOc1ccc(N2C(=O)CS[C@@H]2c2ccc(Cl)cc2)cc1. The highest BCUT2D eigenvalue weighted by molar-refractivity contribution is 8.00. The van der Waals surface area contributed by atoms with Crippen molar-refractivity contribution in [2.45, 2.75) is 12.3 Å². The van der Waals surface area contributed by atoms with Crippen LogP contribution in [0.4, 0.5) is 5.69 Å². The molecule has 0 bridgehead atoms. The maximum atomic E-state index is 12.3. The van der Waals surface area contributed by atoms with Crippen LogP contribution >= 0.6 is 23.4 Å². The van der Waals surface area contributed by atoms with E-state index in [0.717, 1.165) is 17.0 Å². The number of hydrogen-bond donors (Lipinski definition) is 0. The van der Waals surface area contributed by atoms with Gasteiger partial charge in [0.25, 0.3) is 0 Å². The van der Waals surface area contributed by atoms with Crippen LogP contribution < -0.4 is 9.64 Å². The second-order valence-electron chi connectivity index (χ2n) is 4.91. The fourth-order valence-corrected chi connectivity index (χ4v) is 3.75. The molecule has 1 aliphatic heterocycles. The summed E-state index contributed by atoms with van der Waals surface area (Å²) in [4.78, 5) is 14.1. The molecule has 0 unspecified atom stereocenters. The molecule has 114 valence electrons. The Hall–Kier alpha value is -1.65. The molecule has 5 heteroatoms. The van der Waals surface area contributed by atoms with E-state index in [2.05, 4.69) is 0 Å². The summed E-state index contributed by atoms with van der Waals surface area (Å²) in [5.74, 6) is 1.42. The van der Waals surface area contributed by atoms with Crippen molar-refractivity contribution in [3.05, 3.63) is 59.1 Å². The molecule has 0 radical (unpaired) electrons. The Kier molecular flexibility index (Phi) is 4.60. The minimum atomic E-state index is -0.0114. The maximum absolute atomic E-state index is 12.3. The average Bonchev–Trinajstić information content (AvgIpc) is 2.91. The first kappa shape index (κ1) is 15.3. The van der Waals surface area contributed by atoms with Crippen LogP contribution in [0.3, 0.4) is 0 Å². The van der Waals surface area contributed by atoms with Crippen LogP contribution in [0.1, 0.15) is 17.9 Å². The summed E-state index contributed by atoms with van der Waals surface area (Å²) >= 11 is 7.58. The standard InChI is InChI=1S/C17H16ClNO2S/c1-2-21-15-9-7-14(8-10-15)19-16(20)11-22-17(19)12-3-5-13(18)6-4-12/h3-10,17H,2,11H2,1H3/t17-/m1/s1. The van der Waals surface area contributed by atoms with Crippen LogP contribution in [-0.2, 0) is 4.79 Å². The Labute approximate surface area is 139 Å². The van der Waals surface area contributed by atoms with E-state index in [-0.39, 0.29) is 11.3 Å². The number of hydrogen-bond acceptors (Lipinski definition) is 3. The summed E-state index contributed by atoms with van der Waals surface area (Å²) in [5.41, 5.74) is 1.97. The number of amides is 1. The summed E-state index contributed by atoms with van der Waals surface area (Å²) in [6.45, 7) is 2.58. The fourth-order valence-electron chi connectivity index (χ4n) is 2.45. The van der Waals surface area contributed by atoms with Crippen molar-refractivity contribution >= 4 is 35.0 Å². The minimum absolute atomic E-state index is 0.0114. The molecule has 2 aromatic rings. The number of carbonyl (C=O) groups is 1. The molecule has 0 N–H and O–H groups in total. The van der Waals surface area contributed by atoms with Gasteiger partial charge in [0.1, 0.15) is 11.1 Å². The van der Waals surface area contributed by atoms with E-state index in [0.29, 0.717) is 17.4 Å². The van der Waals surface area contributed by atoms with Gasteiger partial charge in [0.15, 0.2) is 0 Å². The second kappa shape index (κ2) is 6.63. The van der Waals surface area contributed by atoms with Gasteiger partial charge < -0.3 is 4.74 Å². The number of halogens is 1. The Balaban J connectivity index is 1.88.